The van der Waals surface area contributed by atoms with Crippen molar-refractivity contribution in [3.05, 3.63) is 83.9 Å². The van der Waals surface area contributed by atoms with Crippen LogP contribution in [0.4, 0.5) is 5.69 Å². The molecular formula is C20H14N2O2. The van der Waals surface area contributed by atoms with E-state index in [-0.39, 0.29) is 11.5 Å². The van der Waals surface area contributed by atoms with Gasteiger partial charge in [-0.2, -0.15) is 0 Å². The molecule has 4 rings (SSSR count). The molecule has 1 saturated heterocycles. The van der Waals surface area contributed by atoms with Gasteiger partial charge in [-0.05, 0) is 40.6 Å². The number of para-hydroxylation sites is 1. The lowest BCUT2D eigenvalue weighted by Gasteiger charge is -2.13. The number of hydrazine groups is 1. The number of carbonyl (C=O) groups excluding carboxylic acids is 2. The van der Waals surface area contributed by atoms with Gasteiger partial charge >= 0.3 is 0 Å². The summed E-state index contributed by atoms with van der Waals surface area (Å²) in [6, 6.07) is 22.9. The van der Waals surface area contributed by atoms with Gasteiger partial charge in [0.25, 0.3) is 11.8 Å². The summed E-state index contributed by atoms with van der Waals surface area (Å²) in [5.41, 5.74) is 4.20. The molecule has 4 heteroatoms. The van der Waals surface area contributed by atoms with Crippen LogP contribution in [0.5, 0.6) is 0 Å². The predicted molar refractivity (Wildman–Crippen MR) is 94.0 cm³/mol. The zero-order valence-electron chi connectivity index (χ0n) is 12.8. The molecule has 1 aliphatic heterocycles. The van der Waals surface area contributed by atoms with Gasteiger partial charge in [-0.15, -0.1) is 0 Å². The summed E-state index contributed by atoms with van der Waals surface area (Å²) >= 11 is 0. The molecular weight excluding hydrogens is 300 g/mol. The molecule has 3 aromatic rings. The molecule has 1 heterocycles. The van der Waals surface area contributed by atoms with Crippen molar-refractivity contribution in [2.45, 2.75) is 0 Å². The highest BCUT2D eigenvalue weighted by Gasteiger charge is 2.34. The number of amides is 2. The Bertz CT molecular complexity index is 977. The summed E-state index contributed by atoms with van der Waals surface area (Å²) in [4.78, 5) is 24.8. The lowest BCUT2D eigenvalue weighted by molar-refractivity contribution is -0.117. The summed E-state index contributed by atoms with van der Waals surface area (Å²) in [5, 5.41) is 3.46. The highest BCUT2D eigenvalue weighted by Crippen LogP contribution is 2.22. The molecule has 116 valence electrons. The molecule has 1 fully saturated rings. The number of nitrogens with zero attached hydrogens (tertiary/aromatic N) is 1. The second-order valence-corrected chi connectivity index (χ2v) is 5.58. The van der Waals surface area contributed by atoms with Crippen molar-refractivity contribution >= 4 is 34.4 Å². The molecule has 2 amide bonds. The van der Waals surface area contributed by atoms with Crippen molar-refractivity contribution < 1.29 is 9.59 Å². The summed E-state index contributed by atoms with van der Waals surface area (Å²) in [6.45, 7) is 0. The van der Waals surface area contributed by atoms with E-state index in [0.29, 0.717) is 5.69 Å². The van der Waals surface area contributed by atoms with Crippen LogP contribution < -0.4 is 10.4 Å². The fraction of sp³-hybridized carbons (Fsp3) is 0. The number of hydrogen-bond donors (Lipinski definition) is 1. The minimum absolute atomic E-state index is 0.133. The Kier molecular flexibility index (Phi) is 3.35. The van der Waals surface area contributed by atoms with Gasteiger partial charge in [-0.25, -0.2) is 5.01 Å². The summed E-state index contributed by atoms with van der Waals surface area (Å²) in [6.07, 6.45) is 1.63. The molecule has 0 aromatic heterocycles. The first-order chi connectivity index (χ1) is 11.7. The molecule has 4 nitrogen and oxygen atoms in total. The third-order valence-electron chi connectivity index (χ3n) is 3.99. The number of fused-ring (bicyclic) bond motifs is 1. The Morgan fingerprint density at radius 2 is 1.50 bits per heavy atom. The van der Waals surface area contributed by atoms with Gasteiger partial charge in [0.1, 0.15) is 5.57 Å². The van der Waals surface area contributed by atoms with Gasteiger partial charge in [0.15, 0.2) is 0 Å². The Hall–Kier alpha value is -3.40. The van der Waals surface area contributed by atoms with E-state index < -0.39 is 5.91 Å². The van der Waals surface area contributed by atoms with E-state index in [1.54, 1.807) is 18.2 Å². The number of benzene rings is 3. The topological polar surface area (TPSA) is 49.4 Å². The van der Waals surface area contributed by atoms with Gasteiger partial charge in [-0.1, -0.05) is 54.6 Å². The SMILES string of the molecule is O=C1NN(c2ccccc2)C(=O)C1=Cc1ccc2ccccc2c1. The number of rotatable bonds is 2. The first-order valence-electron chi connectivity index (χ1n) is 7.63. The minimum Gasteiger partial charge on any atom is -0.267 e. The van der Waals surface area contributed by atoms with Gasteiger partial charge < -0.3 is 0 Å². The monoisotopic (exact) mass is 314 g/mol. The maximum Gasteiger partial charge on any atom is 0.282 e. The third-order valence-corrected chi connectivity index (χ3v) is 3.99. The first kappa shape index (κ1) is 14.2. The lowest BCUT2D eigenvalue weighted by atomic mass is 10.0. The van der Waals surface area contributed by atoms with Gasteiger partial charge in [0.2, 0.25) is 0 Å². The van der Waals surface area contributed by atoms with Crippen LogP contribution in [-0.4, -0.2) is 11.8 Å². The lowest BCUT2D eigenvalue weighted by Crippen LogP contribution is -2.35. The molecule has 0 atom stereocenters. The molecule has 3 aromatic carbocycles. The van der Waals surface area contributed by atoms with Crippen LogP contribution in [0.25, 0.3) is 16.8 Å². The second-order valence-electron chi connectivity index (χ2n) is 5.58. The van der Waals surface area contributed by atoms with E-state index in [9.17, 15) is 9.59 Å². The van der Waals surface area contributed by atoms with Crippen molar-refractivity contribution in [2.24, 2.45) is 0 Å². The van der Waals surface area contributed by atoms with Crippen molar-refractivity contribution in [2.75, 3.05) is 5.01 Å². The van der Waals surface area contributed by atoms with E-state index in [1.165, 1.54) is 5.01 Å². The molecule has 0 bridgehead atoms. The number of nitrogens with one attached hydrogen (secondary N) is 1. The molecule has 0 saturated carbocycles. The van der Waals surface area contributed by atoms with Crippen molar-refractivity contribution in [3.8, 4) is 0 Å². The Morgan fingerprint density at radius 1 is 0.792 bits per heavy atom. The van der Waals surface area contributed by atoms with E-state index in [1.807, 2.05) is 60.7 Å². The van der Waals surface area contributed by atoms with Crippen molar-refractivity contribution in [1.82, 2.24) is 5.43 Å². The molecule has 0 radical (unpaired) electrons. The Labute approximate surface area is 139 Å². The zero-order chi connectivity index (χ0) is 16.5. The van der Waals surface area contributed by atoms with Crippen molar-refractivity contribution in [3.63, 3.8) is 0 Å². The van der Waals surface area contributed by atoms with Crippen LogP contribution in [0.1, 0.15) is 5.56 Å². The van der Waals surface area contributed by atoms with Crippen LogP contribution in [-0.2, 0) is 9.59 Å². The van der Waals surface area contributed by atoms with Crippen LogP contribution in [0, 0.1) is 0 Å². The number of anilines is 1. The minimum atomic E-state index is -0.392. The van der Waals surface area contributed by atoms with Crippen LogP contribution in [0.2, 0.25) is 0 Å². The maximum atomic E-state index is 12.6. The van der Waals surface area contributed by atoms with Crippen LogP contribution in [0.15, 0.2) is 78.4 Å². The van der Waals surface area contributed by atoms with Gasteiger partial charge in [0, 0.05) is 0 Å². The highest BCUT2D eigenvalue weighted by molar-refractivity contribution is 6.31. The van der Waals surface area contributed by atoms with Crippen LogP contribution >= 0.6 is 0 Å². The standard InChI is InChI=1S/C20H14N2O2/c23-19-18(20(24)22(21-19)17-8-2-1-3-9-17)13-14-10-11-15-6-4-5-7-16(15)12-14/h1-13H,(H,21,23). The van der Waals surface area contributed by atoms with Crippen LogP contribution in [0.3, 0.4) is 0 Å². The highest BCUT2D eigenvalue weighted by atomic mass is 16.2. The van der Waals surface area contributed by atoms with Crippen molar-refractivity contribution in [1.29, 1.82) is 0 Å². The normalized spacial score (nSPS) is 16.0. The molecule has 24 heavy (non-hydrogen) atoms. The maximum absolute atomic E-state index is 12.6. The summed E-state index contributed by atoms with van der Waals surface area (Å²) in [7, 11) is 0. The smallest absolute Gasteiger partial charge is 0.267 e. The molecule has 0 aliphatic carbocycles. The van der Waals surface area contributed by atoms with E-state index in [0.717, 1.165) is 16.3 Å². The average Bonchev–Trinajstić information content (AvgIpc) is 2.90. The first-order valence-corrected chi connectivity index (χ1v) is 7.63. The fourth-order valence-corrected chi connectivity index (χ4v) is 2.78. The fourth-order valence-electron chi connectivity index (χ4n) is 2.78. The quantitative estimate of drug-likeness (QED) is 0.583. The zero-order valence-corrected chi connectivity index (χ0v) is 12.8. The summed E-state index contributed by atoms with van der Waals surface area (Å²) in [5.74, 6) is -0.739. The summed E-state index contributed by atoms with van der Waals surface area (Å²) < 4.78 is 0. The number of carbonyl (C=O) groups is 2. The Balaban J connectivity index is 1.71. The Morgan fingerprint density at radius 3 is 2.29 bits per heavy atom. The average molecular weight is 314 g/mol. The number of hydrogen-bond acceptors (Lipinski definition) is 2. The predicted octanol–water partition coefficient (Wildman–Crippen LogP) is 3.30. The van der Waals surface area contributed by atoms with Gasteiger partial charge in [0.05, 0.1) is 5.69 Å². The molecule has 0 spiro atoms. The van der Waals surface area contributed by atoms with E-state index in [2.05, 4.69) is 5.43 Å². The second kappa shape index (κ2) is 5.66. The molecule has 0 unspecified atom stereocenters. The molecule has 1 N–H and O–H groups in total. The van der Waals surface area contributed by atoms with Gasteiger partial charge in [-0.3, -0.25) is 15.0 Å². The van der Waals surface area contributed by atoms with E-state index >= 15 is 0 Å². The van der Waals surface area contributed by atoms with E-state index in [4.69, 9.17) is 0 Å². The largest absolute Gasteiger partial charge is 0.282 e. The molecule has 1 aliphatic rings. The third kappa shape index (κ3) is 2.44.